The van der Waals surface area contributed by atoms with Gasteiger partial charge in [0.05, 0.1) is 4.90 Å². The molecule has 0 heterocycles. The van der Waals surface area contributed by atoms with Crippen LogP contribution in [0.25, 0.3) is 0 Å². The van der Waals surface area contributed by atoms with Crippen LogP contribution in [0, 0.1) is 0 Å². The number of carbonyl (C=O) groups is 2. The van der Waals surface area contributed by atoms with Crippen LogP contribution in [0.1, 0.15) is 35.2 Å². The van der Waals surface area contributed by atoms with Gasteiger partial charge in [0.25, 0.3) is 0 Å². The molecule has 0 spiro atoms. The zero-order valence-electron chi connectivity index (χ0n) is 15.4. The molecule has 0 radical (unpaired) electrons. The molecule has 3 N–H and O–H groups in total. The van der Waals surface area contributed by atoms with Gasteiger partial charge < -0.3 is 10.6 Å². The number of sulfonamides is 1. The number of amides is 2. The van der Waals surface area contributed by atoms with Crippen LogP contribution in [0.4, 0.5) is 0 Å². The van der Waals surface area contributed by atoms with E-state index in [9.17, 15) is 18.0 Å². The highest BCUT2D eigenvalue weighted by molar-refractivity contribution is 7.89. The second-order valence-corrected chi connectivity index (χ2v) is 8.54. The standard InChI is InChI=1S/C20H23N3O4S/c21-20(25)16-8-6-15(7-9-16)14-23(17-10-11-17)19(24)12-13-22-28(26,27)18-4-2-1-3-5-18/h1-9,17,22H,10-14H2,(H2,21,25). The Morgan fingerprint density at radius 2 is 1.68 bits per heavy atom. The zero-order valence-corrected chi connectivity index (χ0v) is 16.2. The molecule has 0 bridgehead atoms. The number of nitrogens with two attached hydrogens (primary N) is 1. The molecule has 1 aliphatic rings. The molecule has 8 heteroatoms. The third-order valence-corrected chi connectivity index (χ3v) is 6.06. The molecule has 0 aromatic heterocycles. The highest BCUT2D eigenvalue weighted by Crippen LogP contribution is 2.29. The van der Waals surface area contributed by atoms with Crippen molar-refractivity contribution < 1.29 is 18.0 Å². The van der Waals surface area contributed by atoms with Gasteiger partial charge in [0.1, 0.15) is 0 Å². The molecule has 2 amide bonds. The monoisotopic (exact) mass is 401 g/mol. The van der Waals surface area contributed by atoms with E-state index in [0.717, 1.165) is 18.4 Å². The molecule has 3 rings (SSSR count). The van der Waals surface area contributed by atoms with Gasteiger partial charge in [-0.2, -0.15) is 0 Å². The van der Waals surface area contributed by atoms with Crippen molar-refractivity contribution in [2.24, 2.45) is 5.73 Å². The highest BCUT2D eigenvalue weighted by Gasteiger charge is 2.32. The van der Waals surface area contributed by atoms with Crippen molar-refractivity contribution >= 4 is 21.8 Å². The summed E-state index contributed by atoms with van der Waals surface area (Å²) in [5.74, 6) is -0.593. The van der Waals surface area contributed by atoms with Crippen LogP contribution in [-0.2, 0) is 21.4 Å². The minimum atomic E-state index is -3.62. The molecule has 1 fully saturated rings. The summed E-state index contributed by atoms with van der Waals surface area (Å²) < 4.78 is 26.9. The molecule has 0 atom stereocenters. The third-order valence-electron chi connectivity index (χ3n) is 4.58. The van der Waals surface area contributed by atoms with E-state index in [1.54, 1.807) is 47.4 Å². The molecular weight excluding hydrogens is 378 g/mol. The number of rotatable bonds is 9. The predicted molar refractivity (Wildman–Crippen MR) is 105 cm³/mol. The number of nitrogens with zero attached hydrogens (tertiary/aromatic N) is 1. The lowest BCUT2D eigenvalue weighted by Gasteiger charge is -2.23. The first-order valence-corrected chi connectivity index (χ1v) is 10.6. The van der Waals surface area contributed by atoms with Crippen LogP contribution in [0.2, 0.25) is 0 Å². The first-order valence-electron chi connectivity index (χ1n) is 9.10. The van der Waals surface area contributed by atoms with Crippen LogP contribution in [0.15, 0.2) is 59.5 Å². The topological polar surface area (TPSA) is 110 Å². The zero-order chi connectivity index (χ0) is 20.1. The van der Waals surface area contributed by atoms with Crippen LogP contribution in [0.5, 0.6) is 0 Å². The van der Waals surface area contributed by atoms with E-state index >= 15 is 0 Å². The van der Waals surface area contributed by atoms with Gasteiger partial charge in [0.15, 0.2) is 0 Å². The van der Waals surface area contributed by atoms with E-state index in [0.29, 0.717) is 12.1 Å². The lowest BCUT2D eigenvalue weighted by Crippen LogP contribution is -2.35. The van der Waals surface area contributed by atoms with Gasteiger partial charge in [-0.05, 0) is 42.7 Å². The van der Waals surface area contributed by atoms with Crippen molar-refractivity contribution in [2.75, 3.05) is 6.54 Å². The quantitative estimate of drug-likeness (QED) is 0.666. The SMILES string of the molecule is NC(=O)c1ccc(CN(C(=O)CCNS(=O)(=O)c2ccccc2)C2CC2)cc1. The minimum absolute atomic E-state index is 0.0416. The summed E-state index contributed by atoms with van der Waals surface area (Å²) in [5, 5.41) is 0. The lowest BCUT2D eigenvalue weighted by molar-refractivity contribution is -0.132. The molecule has 2 aromatic rings. The van der Waals surface area contributed by atoms with Gasteiger partial charge in [-0.3, -0.25) is 9.59 Å². The van der Waals surface area contributed by atoms with Gasteiger partial charge in [0.2, 0.25) is 21.8 Å². The van der Waals surface area contributed by atoms with Gasteiger partial charge in [-0.15, -0.1) is 0 Å². The van der Waals surface area contributed by atoms with E-state index in [-0.39, 0.29) is 29.8 Å². The van der Waals surface area contributed by atoms with E-state index in [4.69, 9.17) is 5.73 Å². The van der Waals surface area contributed by atoms with Gasteiger partial charge in [0, 0.05) is 31.1 Å². The highest BCUT2D eigenvalue weighted by atomic mass is 32.2. The van der Waals surface area contributed by atoms with Crippen LogP contribution in [0.3, 0.4) is 0 Å². The number of hydrogen-bond acceptors (Lipinski definition) is 4. The maximum absolute atomic E-state index is 12.6. The second kappa shape index (κ2) is 8.53. The molecule has 28 heavy (non-hydrogen) atoms. The number of benzene rings is 2. The van der Waals surface area contributed by atoms with Crippen molar-refractivity contribution in [3.05, 3.63) is 65.7 Å². The number of carbonyl (C=O) groups excluding carboxylic acids is 2. The fourth-order valence-electron chi connectivity index (χ4n) is 2.90. The molecule has 0 unspecified atom stereocenters. The maximum atomic E-state index is 12.6. The summed E-state index contributed by atoms with van der Waals surface area (Å²) >= 11 is 0. The van der Waals surface area contributed by atoms with E-state index < -0.39 is 15.9 Å². The summed E-state index contributed by atoms with van der Waals surface area (Å²) in [6.45, 7) is 0.466. The van der Waals surface area contributed by atoms with E-state index in [1.165, 1.54) is 12.1 Å². The molecule has 1 aliphatic carbocycles. The van der Waals surface area contributed by atoms with Crippen molar-refractivity contribution in [3.8, 4) is 0 Å². The average molecular weight is 401 g/mol. The Morgan fingerprint density at radius 1 is 1.04 bits per heavy atom. The van der Waals surface area contributed by atoms with Crippen molar-refractivity contribution in [2.45, 2.75) is 36.7 Å². The first-order chi connectivity index (χ1) is 13.4. The van der Waals surface area contributed by atoms with Crippen molar-refractivity contribution in [1.82, 2.24) is 9.62 Å². The molecule has 0 saturated heterocycles. The Bertz CT molecular complexity index is 939. The number of nitrogens with one attached hydrogen (secondary N) is 1. The molecule has 148 valence electrons. The molecule has 7 nitrogen and oxygen atoms in total. The molecule has 0 aliphatic heterocycles. The predicted octanol–water partition coefficient (Wildman–Crippen LogP) is 1.65. The Kier molecular flexibility index (Phi) is 6.11. The summed E-state index contributed by atoms with van der Waals surface area (Å²) in [7, 11) is -3.62. The molecule has 1 saturated carbocycles. The molecular formula is C20H23N3O4S. The Labute approximate surface area is 164 Å². The van der Waals surface area contributed by atoms with Gasteiger partial charge in [-0.25, -0.2) is 13.1 Å². The first kappa shape index (κ1) is 20.0. The number of primary amides is 1. The Hall–Kier alpha value is -2.71. The lowest BCUT2D eigenvalue weighted by atomic mass is 10.1. The maximum Gasteiger partial charge on any atom is 0.248 e. The van der Waals surface area contributed by atoms with Gasteiger partial charge in [-0.1, -0.05) is 30.3 Å². The Balaban J connectivity index is 1.57. The van der Waals surface area contributed by atoms with Gasteiger partial charge >= 0.3 is 0 Å². The minimum Gasteiger partial charge on any atom is -0.366 e. The van der Waals surface area contributed by atoms with E-state index in [2.05, 4.69) is 4.72 Å². The fraction of sp³-hybridized carbons (Fsp3) is 0.300. The summed E-state index contributed by atoms with van der Waals surface area (Å²) in [4.78, 5) is 25.8. The summed E-state index contributed by atoms with van der Waals surface area (Å²) in [5.41, 5.74) is 6.56. The second-order valence-electron chi connectivity index (χ2n) is 6.77. The van der Waals surface area contributed by atoms with Crippen molar-refractivity contribution in [3.63, 3.8) is 0 Å². The summed E-state index contributed by atoms with van der Waals surface area (Å²) in [6.07, 6.45) is 1.98. The largest absolute Gasteiger partial charge is 0.366 e. The Morgan fingerprint density at radius 3 is 2.25 bits per heavy atom. The third kappa shape index (κ3) is 5.17. The number of hydrogen-bond donors (Lipinski definition) is 2. The normalized spacial score (nSPS) is 13.9. The van der Waals surface area contributed by atoms with Crippen LogP contribution < -0.4 is 10.5 Å². The smallest absolute Gasteiger partial charge is 0.248 e. The molecule has 2 aromatic carbocycles. The van der Waals surface area contributed by atoms with Crippen LogP contribution >= 0.6 is 0 Å². The summed E-state index contributed by atoms with van der Waals surface area (Å²) in [6, 6.07) is 15.1. The fourth-order valence-corrected chi connectivity index (χ4v) is 3.95. The van der Waals surface area contributed by atoms with E-state index in [1.807, 2.05) is 0 Å². The average Bonchev–Trinajstić information content (AvgIpc) is 3.52. The van der Waals surface area contributed by atoms with Crippen molar-refractivity contribution in [1.29, 1.82) is 0 Å². The van der Waals surface area contributed by atoms with Crippen LogP contribution in [-0.4, -0.2) is 37.7 Å².